The number of benzene rings is 2. The lowest BCUT2D eigenvalue weighted by Gasteiger charge is -2.13. The molecule has 0 heterocycles. The summed E-state index contributed by atoms with van der Waals surface area (Å²) in [5.74, 6) is -4.53. The molecule has 2 rings (SSSR count). The molecule has 2 aromatic rings. The van der Waals surface area contributed by atoms with E-state index in [1.165, 1.54) is 19.2 Å². The van der Waals surface area contributed by atoms with Crippen LogP contribution < -0.4 is 10.1 Å². The number of rotatable bonds is 6. The van der Waals surface area contributed by atoms with Gasteiger partial charge in [-0.3, -0.25) is 4.79 Å². The lowest BCUT2D eigenvalue weighted by molar-refractivity contribution is -0.122. The van der Waals surface area contributed by atoms with E-state index in [0.29, 0.717) is 0 Å². The van der Waals surface area contributed by atoms with Crippen molar-refractivity contribution in [1.82, 2.24) is 5.32 Å². The quantitative estimate of drug-likeness (QED) is 0.760. The first-order valence-corrected chi connectivity index (χ1v) is 7.85. The van der Waals surface area contributed by atoms with Crippen LogP contribution in [0.2, 0.25) is 10.0 Å². The van der Waals surface area contributed by atoms with Crippen LogP contribution in [0.1, 0.15) is 48.6 Å². The summed E-state index contributed by atoms with van der Waals surface area (Å²) >= 11 is 12.6. The third kappa shape index (κ3) is 5.03. The van der Waals surface area contributed by atoms with Crippen molar-refractivity contribution < 1.29 is 27.0 Å². The van der Waals surface area contributed by atoms with Gasteiger partial charge in [0.1, 0.15) is 11.5 Å². The first-order valence-electron chi connectivity index (χ1n) is 11.6. The molecule has 0 aliphatic rings. The molecule has 2 N–H and O–H groups in total. The van der Waals surface area contributed by atoms with Gasteiger partial charge in [-0.05, 0) is 40.8 Å². The minimum atomic E-state index is -3.44. The predicted molar refractivity (Wildman–Crippen MR) is 101 cm³/mol. The SMILES string of the molecule is [2H]c1cc(O)c(C([2H])(C([2H])([2H])[2H])C([2H])([2H])[2H])c([2H])c1Cc1c(Cl)cc(OCC(=O)NC)cc1Cl. The van der Waals surface area contributed by atoms with Crippen LogP contribution in [0.15, 0.2) is 30.3 Å². The Morgan fingerprint density at radius 1 is 1.44 bits per heavy atom. The van der Waals surface area contributed by atoms with Crippen molar-refractivity contribution in [3.05, 3.63) is 57.0 Å². The zero-order valence-electron chi connectivity index (χ0n) is 22.2. The van der Waals surface area contributed by atoms with Crippen LogP contribution in [0.5, 0.6) is 11.5 Å². The fourth-order valence-corrected chi connectivity index (χ4v) is 2.59. The molecule has 0 aliphatic heterocycles. The highest BCUT2D eigenvalue weighted by atomic mass is 35.5. The summed E-state index contributed by atoms with van der Waals surface area (Å²) in [6.45, 7) is -7.18. The number of carbonyl (C=O) groups excluding carboxylic acids is 1. The molecular formula is C19H21Cl2NO3. The molecule has 0 fully saturated rings. The van der Waals surface area contributed by atoms with E-state index in [9.17, 15) is 9.90 Å². The molecule has 6 heteroatoms. The molecule has 0 aromatic heterocycles. The Morgan fingerprint density at radius 3 is 2.72 bits per heavy atom. The standard InChI is InChI=1S/C19H21Cl2NO3/c1-11(2)14-6-12(4-5-18(14)23)7-15-16(20)8-13(9-17(15)21)25-10-19(24)22-3/h4-6,8-9,11,23H,7,10H2,1-3H3,(H,22,24)/i1D3,2D3,4D,6D,11D. The first kappa shape index (κ1) is 10.3. The lowest BCUT2D eigenvalue weighted by atomic mass is 9.96. The third-order valence-electron chi connectivity index (χ3n) is 3.28. The number of phenolic OH excluding ortho intramolecular Hbond substituents is 1. The second-order valence-corrected chi connectivity index (χ2v) is 5.85. The Labute approximate surface area is 170 Å². The van der Waals surface area contributed by atoms with Crippen LogP contribution in [-0.2, 0) is 11.2 Å². The molecule has 0 bridgehead atoms. The van der Waals surface area contributed by atoms with Crippen molar-refractivity contribution in [1.29, 1.82) is 0 Å². The lowest BCUT2D eigenvalue weighted by Crippen LogP contribution is -2.24. The highest BCUT2D eigenvalue weighted by Gasteiger charge is 2.13. The van der Waals surface area contributed by atoms with E-state index < -0.39 is 48.9 Å². The maximum Gasteiger partial charge on any atom is 0.257 e. The van der Waals surface area contributed by atoms with E-state index >= 15 is 0 Å². The fourth-order valence-electron chi connectivity index (χ4n) is 1.99. The second-order valence-electron chi connectivity index (χ2n) is 5.03. The van der Waals surface area contributed by atoms with E-state index in [0.717, 1.165) is 6.07 Å². The number of carbonyl (C=O) groups is 1. The zero-order chi connectivity index (χ0) is 26.2. The molecule has 134 valence electrons. The van der Waals surface area contributed by atoms with E-state index in [4.69, 9.17) is 40.3 Å². The minimum absolute atomic E-state index is 0.0385. The van der Waals surface area contributed by atoms with Gasteiger partial charge >= 0.3 is 0 Å². The summed E-state index contributed by atoms with van der Waals surface area (Å²) in [5.41, 5.74) is -0.940. The Morgan fingerprint density at radius 2 is 2.12 bits per heavy atom. The van der Waals surface area contributed by atoms with Crippen LogP contribution in [0, 0.1) is 0 Å². The van der Waals surface area contributed by atoms with Crippen molar-refractivity contribution in [2.24, 2.45) is 0 Å². The number of nitrogens with one attached hydrogen (secondary N) is 1. The number of halogens is 2. The summed E-state index contributed by atoms with van der Waals surface area (Å²) in [6, 6.07) is 2.28. The topological polar surface area (TPSA) is 58.6 Å². The smallest absolute Gasteiger partial charge is 0.257 e. The number of ether oxygens (including phenoxy) is 1. The van der Waals surface area contributed by atoms with E-state index in [1.807, 2.05) is 0 Å². The zero-order valence-corrected chi connectivity index (χ0v) is 14.7. The van der Waals surface area contributed by atoms with E-state index in [1.54, 1.807) is 0 Å². The minimum Gasteiger partial charge on any atom is -0.508 e. The van der Waals surface area contributed by atoms with Crippen molar-refractivity contribution in [3.63, 3.8) is 0 Å². The summed E-state index contributed by atoms with van der Waals surface area (Å²) in [4.78, 5) is 11.4. The Balaban J connectivity index is 2.62. The number of amides is 1. The van der Waals surface area contributed by atoms with Crippen molar-refractivity contribution in [3.8, 4) is 11.5 Å². The van der Waals surface area contributed by atoms with Crippen molar-refractivity contribution in [2.75, 3.05) is 13.7 Å². The largest absolute Gasteiger partial charge is 0.508 e. The van der Waals surface area contributed by atoms with Gasteiger partial charge in [-0.1, -0.05) is 49.0 Å². The summed E-state index contributed by atoms with van der Waals surface area (Å²) in [5, 5.41) is 12.8. The molecule has 0 atom stereocenters. The third-order valence-corrected chi connectivity index (χ3v) is 3.96. The molecule has 1 amide bonds. The highest BCUT2D eigenvalue weighted by molar-refractivity contribution is 6.36. The van der Waals surface area contributed by atoms with Gasteiger partial charge in [-0.2, -0.15) is 0 Å². The van der Waals surface area contributed by atoms with Crippen molar-refractivity contribution in [2.45, 2.75) is 26.0 Å². The van der Waals surface area contributed by atoms with Gasteiger partial charge in [0.15, 0.2) is 6.61 Å². The maximum atomic E-state index is 11.4. The van der Waals surface area contributed by atoms with Crippen LogP contribution in [0.4, 0.5) is 0 Å². The first-order chi connectivity index (χ1) is 15.5. The average molecular weight is 391 g/mol. The molecule has 0 unspecified atom stereocenters. The number of hydrogen-bond donors (Lipinski definition) is 2. The Kier molecular flexibility index (Phi) is 3.48. The molecule has 0 radical (unpaired) electrons. The number of phenols is 1. The fraction of sp³-hybridized carbons (Fsp3) is 0.316. The van der Waals surface area contributed by atoms with Gasteiger partial charge in [-0.25, -0.2) is 0 Å². The number of aromatic hydroxyl groups is 1. The number of hydrogen-bond acceptors (Lipinski definition) is 3. The van der Waals surface area contributed by atoms with Crippen LogP contribution in [0.3, 0.4) is 0 Å². The molecule has 0 aliphatic carbocycles. The summed E-state index contributed by atoms with van der Waals surface area (Å²) in [6.07, 6.45) is -0.309. The van der Waals surface area contributed by atoms with Gasteiger partial charge < -0.3 is 15.2 Å². The molecule has 0 saturated heterocycles. The molecular weight excluding hydrogens is 361 g/mol. The van der Waals surface area contributed by atoms with Gasteiger partial charge in [-0.15, -0.1) is 0 Å². The predicted octanol–water partition coefficient (Wildman–Crippen LogP) is 4.54. The summed E-state index contributed by atoms with van der Waals surface area (Å²) in [7, 11) is 1.43. The van der Waals surface area contributed by atoms with E-state index in [2.05, 4.69) is 5.32 Å². The highest BCUT2D eigenvalue weighted by Crippen LogP contribution is 2.33. The van der Waals surface area contributed by atoms with Crippen LogP contribution in [0.25, 0.3) is 0 Å². The number of likely N-dealkylation sites (N-methyl/N-ethyl adjacent to an activating group) is 1. The maximum absolute atomic E-state index is 11.4. The average Bonchev–Trinajstić information content (AvgIpc) is 2.68. The van der Waals surface area contributed by atoms with E-state index in [-0.39, 0.29) is 39.9 Å². The van der Waals surface area contributed by atoms with Gasteiger partial charge in [0.05, 0.1) is 2.74 Å². The molecule has 2 aromatic carbocycles. The Hall–Kier alpha value is -1.91. The summed E-state index contributed by atoms with van der Waals surface area (Å²) < 4.78 is 76.2. The molecule has 0 spiro atoms. The molecule has 4 nitrogen and oxygen atoms in total. The van der Waals surface area contributed by atoms with Gasteiger partial charge in [0.2, 0.25) is 0 Å². The van der Waals surface area contributed by atoms with Gasteiger partial charge in [0, 0.05) is 33.1 Å². The molecule has 25 heavy (non-hydrogen) atoms. The van der Waals surface area contributed by atoms with Crippen LogP contribution in [-0.4, -0.2) is 24.7 Å². The normalized spacial score (nSPS) is 17.5. The van der Waals surface area contributed by atoms with Crippen LogP contribution >= 0.6 is 23.2 Å². The Bertz CT molecular complexity index is 1070. The second kappa shape index (κ2) is 8.45. The molecule has 0 saturated carbocycles. The van der Waals surface area contributed by atoms with Gasteiger partial charge in [0.25, 0.3) is 5.91 Å². The monoisotopic (exact) mass is 390 g/mol. The van der Waals surface area contributed by atoms with Crippen molar-refractivity contribution >= 4 is 29.1 Å².